The third kappa shape index (κ3) is 2.62. The van der Waals surface area contributed by atoms with Crippen molar-refractivity contribution in [2.45, 2.75) is 13.3 Å². The lowest BCUT2D eigenvalue weighted by atomic mass is 9.99. The van der Waals surface area contributed by atoms with Gasteiger partial charge in [0.25, 0.3) is 0 Å². The first kappa shape index (κ1) is 13.2. The van der Waals surface area contributed by atoms with Crippen molar-refractivity contribution in [1.82, 2.24) is 0 Å². The molecule has 0 saturated carbocycles. The van der Waals surface area contributed by atoms with Crippen molar-refractivity contribution >= 4 is 34.7 Å². The van der Waals surface area contributed by atoms with Crippen LogP contribution in [-0.2, 0) is 9.53 Å². The molecule has 0 aliphatic carbocycles. The second-order valence-electron chi connectivity index (χ2n) is 3.76. The van der Waals surface area contributed by atoms with Crippen LogP contribution in [0.3, 0.4) is 0 Å². The summed E-state index contributed by atoms with van der Waals surface area (Å²) in [5.74, 6) is 0.178. The molecule has 2 rings (SSSR count). The fraction of sp³-hybridized carbons (Fsp3) is 0.308. The zero-order valence-electron chi connectivity index (χ0n) is 9.83. The van der Waals surface area contributed by atoms with E-state index in [0.717, 1.165) is 11.1 Å². The predicted octanol–water partition coefficient (Wildman–Crippen LogP) is 3.72. The molecule has 3 nitrogen and oxygen atoms in total. The number of benzene rings is 1. The molecule has 0 N–H and O–H groups in total. The third-order valence-corrected chi connectivity index (χ3v) is 3.38. The van der Waals surface area contributed by atoms with E-state index in [0.29, 0.717) is 35.4 Å². The first-order valence-electron chi connectivity index (χ1n) is 5.62. The number of hydrogen-bond acceptors (Lipinski definition) is 3. The highest BCUT2D eigenvalue weighted by Crippen LogP contribution is 2.41. The largest absolute Gasteiger partial charge is 0.491 e. The van der Waals surface area contributed by atoms with Crippen LogP contribution in [0, 0.1) is 0 Å². The Kier molecular flexibility index (Phi) is 4.15. The molecule has 0 spiro atoms. The van der Waals surface area contributed by atoms with Crippen molar-refractivity contribution in [3.63, 3.8) is 0 Å². The molecule has 5 heteroatoms. The molecule has 1 heterocycles. The molecular formula is C13H12Cl2O3. The Labute approximate surface area is 115 Å². The first-order chi connectivity index (χ1) is 8.63. The van der Waals surface area contributed by atoms with E-state index in [2.05, 4.69) is 0 Å². The molecule has 0 atom stereocenters. The van der Waals surface area contributed by atoms with Gasteiger partial charge in [-0.2, -0.15) is 0 Å². The highest BCUT2D eigenvalue weighted by molar-refractivity contribution is 6.43. The highest BCUT2D eigenvalue weighted by atomic mass is 35.5. The molecule has 1 aliphatic rings. The number of fused-ring (bicyclic) bond motifs is 1. The van der Waals surface area contributed by atoms with Gasteiger partial charge in [-0.05, 0) is 24.6 Å². The van der Waals surface area contributed by atoms with Crippen molar-refractivity contribution in [2.75, 3.05) is 13.2 Å². The standard InChI is InChI=1S/C13H12Cl2O3/c1-2-17-11(16)7-8-5-6-18-13-9(8)3-4-10(14)12(13)15/h3-4,7H,2,5-6H2,1H3/b8-7+. The summed E-state index contributed by atoms with van der Waals surface area (Å²) in [6.07, 6.45) is 2.12. The van der Waals surface area contributed by atoms with E-state index in [1.54, 1.807) is 19.1 Å². The molecule has 0 radical (unpaired) electrons. The van der Waals surface area contributed by atoms with Gasteiger partial charge in [-0.3, -0.25) is 0 Å². The Balaban J connectivity index is 2.40. The summed E-state index contributed by atoms with van der Waals surface area (Å²) in [5, 5.41) is 0.816. The second kappa shape index (κ2) is 5.63. The Morgan fingerprint density at radius 2 is 2.28 bits per heavy atom. The number of carbonyl (C=O) groups excluding carboxylic acids is 1. The maximum atomic E-state index is 11.5. The smallest absolute Gasteiger partial charge is 0.331 e. The summed E-state index contributed by atoms with van der Waals surface area (Å²) in [7, 11) is 0. The second-order valence-corrected chi connectivity index (χ2v) is 4.54. The van der Waals surface area contributed by atoms with Crippen LogP contribution in [0.15, 0.2) is 18.2 Å². The maximum absolute atomic E-state index is 11.5. The average molecular weight is 287 g/mol. The van der Waals surface area contributed by atoms with Crippen LogP contribution in [0.2, 0.25) is 10.0 Å². The molecule has 1 aromatic rings. The Morgan fingerprint density at radius 3 is 3.00 bits per heavy atom. The van der Waals surface area contributed by atoms with Gasteiger partial charge in [0, 0.05) is 18.1 Å². The zero-order valence-corrected chi connectivity index (χ0v) is 11.3. The third-order valence-electron chi connectivity index (χ3n) is 2.59. The van der Waals surface area contributed by atoms with E-state index in [-0.39, 0.29) is 5.97 Å². The van der Waals surface area contributed by atoms with Crippen LogP contribution in [0.5, 0.6) is 5.75 Å². The van der Waals surface area contributed by atoms with Crippen molar-refractivity contribution in [3.05, 3.63) is 33.8 Å². The van der Waals surface area contributed by atoms with Gasteiger partial charge in [0.2, 0.25) is 0 Å². The van der Waals surface area contributed by atoms with E-state index in [1.165, 1.54) is 6.08 Å². The monoisotopic (exact) mass is 286 g/mol. The Morgan fingerprint density at radius 1 is 1.50 bits per heavy atom. The quantitative estimate of drug-likeness (QED) is 0.614. The van der Waals surface area contributed by atoms with Gasteiger partial charge in [-0.1, -0.05) is 23.2 Å². The maximum Gasteiger partial charge on any atom is 0.331 e. The SMILES string of the molecule is CCOC(=O)/C=C1\CCOc2c1ccc(Cl)c2Cl. The minimum absolute atomic E-state index is 0.355. The normalized spacial score (nSPS) is 16.1. The summed E-state index contributed by atoms with van der Waals surface area (Å²) in [6.45, 7) is 2.59. The van der Waals surface area contributed by atoms with E-state index in [4.69, 9.17) is 32.7 Å². The lowest BCUT2D eigenvalue weighted by Crippen LogP contribution is -2.10. The van der Waals surface area contributed by atoms with Gasteiger partial charge in [0.15, 0.2) is 0 Å². The van der Waals surface area contributed by atoms with Crippen LogP contribution in [0.4, 0.5) is 0 Å². The average Bonchev–Trinajstić information content (AvgIpc) is 2.35. The molecule has 0 unspecified atom stereocenters. The summed E-state index contributed by atoms with van der Waals surface area (Å²) in [5.41, 5.74) is 1.65. The number of carbonyl (C=O) groups is 1. The molecule has 1 aromatic carbocycles. The summed E-state index contributed by atoms with van der Waals surface area (Å²) >= 11 is 12.0. The first-order valence-corrected chi connectivity index (χ1v) is 6.37. The van der Waals surface area contributed by atoms with Gasteiger partial charge in [0.05, 0.1) is 18.2 Å². The van der Waals surface area contributed by atoms with Crippen LogP contribution in [0.1, 0.15) is 18.9 Å². The van der Waals surface area contributed by atoms with E-state index in [9.17, 15) is 4.79 Å². The van der Waals surface area contributed by atoms with Crippen LogP contribution in [-0.4, -0.2) is 19.2 Å². The van der Waals surface area contributed by atoms with Crippen molar-refractivity contribution in [2.24, 2.45) is 0 Å². The van der Waals surface area contributed by atoms with Crippen molar-refractivity contribution < 1.29 is 14.3 Å². The number of halogens is 2. The number of rotatable bonds is 2. The Hall–Kier alpha value is -1.19. The summed E-state index contributed by atoms with van der Waals surface area (Å²) < 4.78 is 10.4. The predicted molar refractivity (Wildman–Crippen MR) is 71.2 cm³/mol. The van der Waals surface area contributed by atoms with Crippen LogP contribution >= 0.6 is 23.2 Å². The minimum atomic E-state index is -0.355. The van der Waals surface area contributed by atoms with E-state index < -0.39 is 0 Å². The van der Waals surface area contributed by atoms with Gasteiger partial charge in [0.1, 0.15) is 10.8 Å². The lowest BCUT2D eigenvalue weighted by Gasteiger charge is -2.21. The van der Waals surface area contributed by atoms with Crippen molar-refractivity contribution in [3.8, 4) is 5.75 Å². The molecule has 0 aromatic heterocycles. The fourth-order valence-electron chi connectivity index (χ4n) is 1.80. The summed E-state index contributed by atoms with van der Waals surface area (Å²) in [6, 6.07) is 3.49. The van der Waals surface area contributed by atoms with Gasteiger partial charge in [-0.25, -0.2) is 4.79 Å². The van der Waals surface area contributed by atoms with Crippen LogP contribution in [0.25, 0.3) is 5.57 Å². The number of hydrogen-bond donors (Lipinski definition) is 0. The Bertz CT molecular complexity index is 509. The number of esters is 1. The summed E-state index contributed by atoms with van der Waals surface area (Å²) in [4.78, 5) is 11.5. The minimum Gasteiger partial charge on any atom is -0.491 e. The van der Waals surface area contributed by atoms with Gasteiger partial charge >= 0.3 is 5.97 Å². The molecule has 1 aliphatic heterocycles. The molecule has 0 fully saturated rings. The fourth-order valence-corrected chi connectivity index (χ4v) is 2.17. The molecular weight excluding hydrogens is 275 g/mol. The van der Waals surface area contributed by atoms with Crippen LogP contribution < -0.4 is 4.74 Å². The number of ether oxygens (including phenoxy) is 2. The van der Waals surface area contributed by atoms with Gasteiger partial charge < -0.3 is 9.47 Å². The lowest BCUT2D eigenvalue weighted by molar-refractivity contribution is -0.137. The molecule has 96 valence electrons. The van der Waals surface area contributed by atoms with Gasteiger partial charge in [-0.15, -0.1) is 0 Å². The highest BCUT2D eigenvalue weighted by Gasteiger charge is 2.20. The molecule has 0 saturated heterocycles. The molecule has 18 heavy (non-hydrogen) atoms. The molecule has 0 amide bonds. The van der Waals surface area contributed by atoms with Crippen molar-refractivity contribution in [1.29, 1.82) is 0 Å². The van der Waals surface area contributed by atoms with E-state index in [1.807, 2.05) is 0 Å². The topological polar surface area (TPSA) is 35.5 Å². The van der Waals surface area contributed by atoms with E-state index >= 15 is 0 Å². The zero-order chi connectivity index (χ0) is 13.1. The molecule has 0 bridgehead atoms.